The molecule has 0 heterocycles. The van der Waals surface area contributed by atoms with Gasteiger partial charge in [0.2, 0.25) is 0 Å². The number of nitrogens with one attached hydrogen (secondary N) is 2. The monoisotopic (exact) mass is 294 g/mol. The summed E-state index contributed by atoms with van der Waals surface area (Å²) in [5.41, 5.74) is 1.05. The summed E-state index contributed by atoms with van der Waals surface area (Å²) in [6.45, 7) is 6.19. The number of amides is 1. The molecule has 0 radical (unpaired) electrons. The number of carbonyl (C=O) groups excluding carboxylic acids is 1. The third-order valence-corrected chi connectivity index (χ3v) is 2.88. The third-order valence-electron chi connectivity index (χ3n) is 2.88. The summed E-state index contributed by atoms with van der Waals surface area (Å²) in [7, 11) is 1.65. The number of hydrogen-bond donors (Lipinski definition) is 2. The molecule has 1 aromatic carbocycles. The molecule has 0 fully saturated rings. The lowest BCUT2D eigenvalue weighted by Gasteiger charge is -2.13. The number of methoxy groups -OCH3 is 1. The lowest BCUT2D eigenvalue weighted by Crippen LogP contribution is -2.30. The Morgan fingerprint density at radius 1 is 1.29 bits per heavy atom. The van der Waals surface area contributed by atoms with Gasteiger partial charge in [0.05, 0.1) is 0 Å². The van der Waals surface area contributed by atoms with Crippen LogP contribution in [0.1, 0.15) is 25.8 Å². The van der Waals surface area contributed by atoms with Crippen molar-refractivity contribution in [3.63, 3.8) is 0 Å². The van der Waals surface area contributed by atoms with Crippen LogP contribution in [0.2, 0.25) is 0 Å². The van der Waals surface area contributed by atoms with Gasteiger partial charge in [0.1, 0.15) is 5.75 Å². The van der Waals surface area contributed by atoms with Crippen LogP contribution in [0.5, 0.6) is 5.75 Å². The average Bonchev–Trinajstić information content (AvgIpc) is 2.48. The lowest BCUT2D eigenvalue weighted by molar-refractivity contribution is -0.123. The van der Waals surface area contributed by atoms with Crippen LogP contribution in [0.4, 0.5) is 0 Å². The summed E-state index contributed by atoms with van der Waals surface area (Å²) in [4.78, 5) is 11.7. The number of carbonyl (C=O) groups is 1. The summed E-state index contributed by atoms with van der Waals surface area (Å²) in [6, 6.07) is 8.17. The molecule has 0 unspecified atom stereocenters. The molecule has 2 N–H and O–H groups in total. The Kier molecular flexibility index (Phi) is 8.47. The minimum atomic E-state index is -0.113. The van der Waals surface area contributed by atoms with Crippen molar-refractivity contribution in [3.05, 3.63) is 29.8 Å². The van der Waals surface area contributed by atoms with Gasteiger partial charge in [-0.15, -0.1) is 0 Å². The zero-order valence-corrected chi connectivity index (χ0v) is 13.1. The predicted octanol–water partition coefficient (Wildman–Crippen LogP) is 1.72. The highest BCUT2D eigenvalue weighted by molar-refractivity contribution is 5.77. The standard InChI is InChI=1S/C16H26N2O3/c1-13(2)18-11-14-7-4-5-8-15(14)21-12-16(19)17-9-6-10-20-3/h4-5,7-8,13,18H,6,9-12H2,1-3H3,(H,17,19). The maximum absolute atomic E-state index is 11.7. The van der Waals surface area contributed by atoms with E-state index in [9.17, 15) is 4.79 Å². The van der Waals surface area contributed by atoms with E-state index in [1.54, 1.807) is 7.11 Å². The van der Waals surface area contributed by atoms with E-state index in [0.717, 1.165) is 24.3 Å². The number of ether oxygens (including phenoxy) is 2. The third kappa shape index (κ3) is 7.68. The molecule has 0 aliphatic rings. The first-order valence-corrected chi connectivity index (χ1v) is 7.33. The Bertz CT molecular complexity index is 422. The fourth-order valence-electron chi connectivity index (χ4n) is 1.74. The van der Waals surface area contributed by atoms with Gasteiger partial charge in [0, 0.05) is 38.4 Å². The minimum absolute atomic E-state index is 0.0334. The molecular weight excluding hydrogens is 268 g/mol. The van der Waals surface area contributed by atoms with E-state index in [1.807, 2.05) is 24.3 Å². The zero-order chi connectivity index (χ0) is 15.5. The Morgan fingerprint density at radius 3 is 2.76 bits per heavy atom. The molecule has 5 heteroatoms. The van der Waals surface area contributed by atoms with E-state index in [2.05, 4.69) is 24.5 Å². The van der Waals surface area contributed by atoms with Crippen LogP contribution in [0.25, 0.3) is 0 Å². The molecule has 21 heavy (non-hydrogen) atoms. The first-order valence-electron chi connectivity index (χ1n) is 7.33. The van der Waals surface area contributed by atoms with Crippen LogP contribution in [-0.4, -0.2) is 38.8 Å². The first kappa shape index (κ1) is 17.5. The van der Waals surface area contributed by atoms with E-state index in [4.69, 9.17) is 9.47 Å². The zero-order valence-electron chi connectivity index (χ0n) is 13.1. The molecule has 0 aromatic heterocycles. The van der Waals surface area contributed by atoms with Gasteiger partial charge in [-0.1, -0.05) is 32.0 Å². The van der Waals surface area contributed by atoms with Crippen LogP contribution < -0.4 is 15.4 Å². The van der Waals surface area contributed by atoms with Gasteiger partial charge < -0.3 is 20.1 Å². The number of para-hydroxylation sites is 1. The molecule has 0 atom stereocenters. The van der Waals surface area contributed by atoms with Crippen molar-refractivity contribution in [2.75, 3.05) is 26.9 Å². The second kappa shape index (κ2) is 10.2. The minimum Gasteiger partial charge on any atom is -0.483 e. The fourth-order valence-corrected chi connectivity index (χ4v) is 1.74. The Morgan fingerprint density at radius 2 is 2.05 bits per heavy atom. The molecule has 0 saturated carbocycles. The smallest absolute Gasteiger partial charge is 0.257 e. The molecule has 0 spiro atoms. The summed E-state index contributed by atoms with van der Waals surface area (Å²) >= 11 is 0. The van der Waals surface area contributed by atoms with Crippen molar-refractivity contribution in [1.82, 2.24) is 10.6 Å². The molecule has 5 nitrogen and oxygen atoms in total. The predicted molar refractivity (Wildman–Crippen MR) is 83.4 cm³/mol. The van der Waals surface area contributed by atoms with E-state index >= 15 is 0 Å². The van der Waals surface area contributed by atoms with Crippen LogP contribution in [0, 0.1) is 0 Å². The highest BCUT2D eigenvalue weighted by Crippen LogP contribution is 2.17. The van der Waals surface area contributed by atoms with E-state index < -0.39 is 0 Å². The van der Waals surface area contributed by atoms with Crippen LogP contribution in [0.3, 0.4) is 0 Å². The van der Waals surface area contributed by atoms with E-state index in [0.29, 0.717) is 19.2 Å². The van der Waals surface area contributed by atoms with Gasteiger partial charge >= 0.3 is 0 Å². The highest BCUT2D eigenvalue weighted by Gasteiger charge is 2.06. The highest BCUT2D eigenvalue weighted by atomic mass is 16.5. The Balaban J connectivity index is 2.38. The molecule has 0 saturated heterocycles. The SMILES string of the molecule is COCCCNC(=O)COc1ccccc1CNC(C)C. The van der Waals surface area contributed by atoms with Gasteiger partial charge in [0.15, 0.2) is 6.61 Å². The summed E-state index contributed by atoms with van der Waals surface area (Å²) in [6.07, 6.45) is 0.803. The van der Waals surface area contributed by atoms with Gasteiger partial charge in [-0.3, -0.25) is 4.79 Å². The first-order chi connectivity index (χ1) is 10.1. The number of rotatable bonds is 10. The number of benzene rings is 1. The second-order valence-corrected chi connectivity index (χ2v) is 5.13. The molecule has 1 aromatic rings. The molecule has 0 aliphatic carbocycles. The Labute approximate surface area is 127 Å². The largest absolute Gasteiger partial charge is 0.483 e. The topological polar surface area (TPSA) is 59.6 Å². The average molecular weight is 294 g/mol. The lowest BCUT2D eigenvalue weighted by atomic mass is 10.2. The fraction of sp³-hybridized carbons (Fsp3) is 0.562. The molecule has 118 valence electrons. The van der Waals surface area contributed by atoms with E-state index in [1.165, 1.54) is 0 Å². The molecule has 0 aliphatic heterocycles. The summed E-state index contributed by atoms with van der Waals surface area (Å²) in [5, 5.41) is 6.14. The molecule has 1 rings (SSSR count). The van der Waals surface area contributed by atoms with Crippen molar-refractivity contribution in [1.29, 1.82) is 0 Å². The summed E-state index contributed by atoms with van der Waals surface area (Å²) < 4.78 is 10.5. The van der Waals surface area contributed by atoms with Gasteiger partial charge in [-0.2, -0.15) is 0 Å². The maximum atomic E-state index is 11.7. The molecule has 1 amide bonds. The van der Waals surface area contributed by atoms with Crippen LogP contribution in [0.15, 0.2) is 24.3 Å². The van der Waals surface area contributed by atoms with Crippen molar-refractivity contribution in [2.45, 2.75) is 32.9 Å². The van der Waals surface area contributed by atoms with Crippen molar-refractivity contribution in [3.8, 4) is 5.75 Å². The van der Waals surface area contributed by atoms with Gasteiger partial charge in [0.25, 0.3) is 5.91 Å². The second-order valence-electron chi connectivity index (χ2n) is 5.13. The number of hydrogen-bond acceptors (Lipinski definition) is 4. The van der Waals surface area contributed by atoms with Gasteiger partial charge in [-0.25, -0.2) is 0 Å². The quantitative estimate of drug-likeness (QED) is 0.645. The van der Waals surface area contributed by atoms with Crippen molar-refractivity contribution in [2.24, 2.45) is 0 Å². The van der Waals surface area contributed by atoms with Crippen molar-refractivity contribution >= 4 is 5.91 Å². The van der Waals surface area contributed by atoms with Crippen LogP contribution in [-0.2, 0) is 16.1 Å². The van der Waals surface area contributed by atoms with Gasteiger partial charge in [-0.05, 0) is 12.5 Å². The van der Waals surface area contributed by atoms with Crippen LogP contribution >= 0.6 is 0 Å². The maximum Gasteiger partial charge on any atom is 0.257 e. The summed E-state index contributed by atoms with van der Waals surface area (Å²) in [5.74, 6) is 0.635. The Hall–Kier alpha value is -1.59. The van der Waals surface area contributed by atoms with E-state index in [-0.39, 0.29) is 12.5 Å². The van der Waals surface area contributed by atoms with Crippen molar-refractivity contribution < 1.29 is 14.3 Å². The molecular formula is C16H26N2O3. The normalized spacial score (nSPS) is 10.7. The molecule has 0 bridgehead atoms.